The molecule has 0 aliphatic carbocycles. The first-order valence-electron chi connectivity index (χ1n) is 9.42. The van der Waals surface area contributed by atoms with E-state index in [1.54, 1.807) is 24.3 Å². The molecule has 0 spiro atoms. The van der Waals surface area contributed by atoms with Gasteiger partial charge in [-0.3, -0.25) is 0 Å². The minimum absolute atomic E-state index is 0.529. The highest BCUT2D eigenvalue weighted by Gasteiger charge is 2.20. The number of nitrogens with zero attached hydrogens (tertiary/aromatic N) is 2. The zero-order valence-electron chi connectivity index (χ0n) is 16.3. The first-order valence-corrected chi connectivity index (χ1v) is 9.42. The van der Waals surface area contributed by atoms with Gasteiger partial charge in [-0.1, -0.05) is 24.3 Å². The van der Waals surface area contributed by atoms with Gasteiger partial charge in [-0.05, 0) is 59.7 Å². The van der Waals surface area contributed by atoms with Crippen molar-refractivity contribution in [3.63, 3.8) is 0 Å². The third-order valence-electron chi connectivity index (χ3n) is 4.94. The largest absolute Gasteiger partial charge is 0.493 e. The molecule has 0 bridgehead atoms. The highest BCUT2D eigenvalue weighted by Crippen LogP contribution is 2.39. The van der Waals surface area contributed by atoms with Crippen LogP contribution in [-0.4, -0.2) is 0 Å². The summed E-state index contributed by atoms with van der Waals surface area (Å²) in [5.74, 6) is 0. The third kappa shape index (κ3) is 3.66. The summed E-state index contributed by atoms with van der Waals surface area (Å²) in [6.45, 7) is 0. The molecule has 4 aromatic carbocycles. The van der Waals surface area contributed by atoms with Crippen molar-refractivity contribution in [1.82, 2.24) is 4.70 Å². The van der Waals surface area contributed by atoms with E-state index in [2.05, 4.69) is 0 Å². The Bertz CT molecular complexity index is 1130. The summed E-state index contributed by atoms with van der Waals surface area (Å²) in [4.78, 5) is 0. The molecule has 0 aliphatic rings. The average molecular weight is 394 g/mol. The van der Waals surface area contributed by atoms with Crippen molar-refractivity contribution in [2.45, 2.75) is 0 Å². The van der Waals surface area contributed by atoms with E-state index in [1.165, 1.54) is 0 Å². The Kier molecular flexibility index (Phi) is 4.82. The van der Waals surface area contributed by atoms with Gasteiger partial charge in [0.1, 0.15) is 0 Å². The quantitative estimate of drug-likeness (QED) is 0.215. The maximum absolute atomic E-state index is 11.3. The molecule has 6 nitrogen and oxygen atoms in total. The van der Waals surface area contributed by atoms with Gasteiger partial charge in [-0.15, -0.1) is 0 Å². The Morgan fingerprint density at radius 3 is 1.17 bits per heavy atom. The summed E-state index contributed by atoms with van der Waals surface area (Å²) in [5, 5.41) is 0. The molecular formula is C24H22N6. The molecule has 0 heterocycles. The lowest BCUT2D eigenvalue weighted by Crippen LogP contribution is -2.03. The fourth-order valence-electron chi connectivity index (χ4n) is 3.39. The van der Waals surface area contributed by atoms with Crippen molar-refractivity contribution < 1.29 is 0 Å². The number of anilines is 4. The minimum atomic E-state index is 0.529. The minimum Gasteiger partial charge on any atom is -0.493 e. The number of hydrogen-bond donors (Lipinski definition) is 4. The van der Waals surface area contributed by atoms with Crippen LogP contribution in [0.1, 0.15) is 0 Å². The summed E-state index contributed by atoms with van der Waals surface area (Å²) in [7, 11) is 0. The van der Waals surface area contributed by atoms with E-state index in [4.69, 9.17) is 22.9 Å². The number of benzene rings is 4. The molecule has 0 fully saturated rings. The molecule has 0 saturated carbocycles. The zero-order chi connectivity index (χ0) is 21.3. The van der Waals surface area contributed by atoms with Gasteiger partial charge in [-0.2, -0.15) is 0 Å². The number of nitrogen functional groups attached to an aromatic ring is 4. The van der Waals surface area contributed by atoms with Crippen LogP contribution in [-0.2, 0) is 0 Å². The van der Waals surface area contributed by atoms with Crippen LogP contribution in [0.15, 0.2) is 84.9 Å². The number of hydrogen-bond acceptors (Lipinski definition) is 4. The molecule has 30 heavy (non-hydrogen) atoms. The van der Waals surface area contributed by atoms with Crippen LogP contribution in [0.25, 0.3) is 27.8 Å². The molecule has 8 N–H and O–H groups in total. The first-order chi connectivity index (χ1) is 14.4. The molecule has 0 aromatic heterocycles. The molecule has 4 aromatic rings. The fraction of sp³-hybridized carbons (Fsp3) is 0. The summed E-state index contributed by atoms with van der Waals surface area (Å²) < 4.78 is 1.12. The van der Waals surface area contributed by atoms with Crippen molar-refractivity contribution in [3.05, 3.63) is 90.5 Å². The first kappa shape index (κ1) is 19.0. The Morgan fingerprint density at radius 2 is 0.800 bits per heavy atom. The lowest BCUT2D eigenvalue weighted by atomic mass is 10.00. The Hall–Kier alpha value is -4.32. The number of rotatable bonds is 4. The lowest BCUT2D eigenvalue weighted by Gasteiger charge is -2.15. The van der Waals surface area contributed by atoms with E-state index < -0.39 is 0 Å². The lowest BCUT2D eigenvalue weighted by molar-refractivity contribution is 1.06. The molecule has 6 heteroatoms. The smallest absolute Gasteiger partial charge is 0.209 e. The normalized spacial score (nSPS) is 10.7. The van der Waals surface area contributed by atoms with Gasteiger partial charge in [0.15, 0.2) is 0 Å². The van der Waals surface area contributed by atoms with Crippen LogP contribution in [0, 0.1) is 0 Å². The molecule has 0 amide bonds. The summed E-state index contributed by atoms with van der Waals surface area (Å²) >= 11 is 0. The Labute approximate surface area is 174 Å². The van der Waals surface area contributed by atoms with E-state index in [9.17, 15) is 5.53 Å². The highest BCUT2D eigenvalue weighted by molar-refractivity contribution is 5.85. The van der Waals surface area contributed by atoms with E-state index in [-0.39, 0.29) is 0 Å². The van der Waals surface area contributed by atoms with Crippen molar-refractivity contribution in [2.75, 3.05) is 22.9 Å². The second-order valence-corrected chi connectivity index (χ2v) is 7.11. The zero-order valence-corrected chi connectivity index (χ0v) is 16.3. The van der Waals surface area contributed by atoms with Crippen molar-refractivity contribution >= 4 is 34.1 Å². The third-order valence-corrected chi connectivity index (χ3v) is 4.94. The van der Waals surface area contributed by atoms with E-state index in [1.807, 2.05) is 60.7 Å². The predicted molar refractivity (Wildman–Crippen MR) is 126 cm³/mol. The van der Waals surface area contributed by atoms with Crippen LogP contribution in [0.3, 0.4) is 0 Å². The molecule has 4 rings (SSSR count). The highest BCUT2D eigenvalue weighted by atomic mass is 15.2. The monoisotopic (exact) mass is 394 g/mol. The van der Waals surface area contributed by atoms with Crippen molar-refractivity contribution in [2.24, 2.45) is 0 Å². The van der Waals surface area contributed by atoms with Gasteiger partial charge in [-0.25, -0.2) is 4.70 Å². The topological polar surface area (TPSA) is 129 Å². The van der Waals surface area contributed by atoms with E-state index in [0.29, 0.717) is 34.1 Å². The molecular weight excluding hydrogens is 372 g/mol. The standard InChI is InChI=1S/C24H22N6/c25-17-5-1-15(2-6-17)21-11-9-19(27)13-23(21)30(29)24-14-20(28)10-12-22(24)16-3-7-18(26)8-4-16/h1-14H,25-28H2. The molecule has 148 valence electrons. The Morgan fingerprint density at radius 1 is 0.467 bits per heavy atom. The summed E-state index contributed by atoms with van der Waals surface area (Å²) in [6.07, 6.45) is 0. The maximum Gasteiger partial charge on any atom is 0.209 e. The van der Waals surface area contributed by atoms with Crippen LogP contribution in [0.5, 0.6) is 0 Å². The second kappa shape index (κ2) is 7.60. The maximum atomic E-state index is 11.3. The van der Waals surface area contributed by atoms with Gasteiger partial charge in [0.05, 0.1) is 11.1 Å². The number of nitrogens with two attached hydrogens (primary N) is 4. The molecule has 0 saturated heterocycles. The predicted octanol–water partition coefficient (Wildman–Crippen LogP) is 5.21. The summed E-state index contributed by atoms with van der Waals surface area (Å²) in [6, 6.07) is 25.6. The van der Waals surface area contributed by atoms with Gasteiger partial charge in [0.2, 0.25) is 11.4 Å². The van der Waals surface area contributed by atoms with Gasteiger partial charge < -0.3 is 28.5 Å². The molecule has 0 unspecified atom stereocenters. The van der Waals surface area contributed by atoms with Gasteiger partial charge in [0.25, 0.3) is 0 Å². The molecule has 0 atom stereocenters. The van der Waals surface area contributed by atoms with Gasteiger partial charge in [0, 0.05) is 34.9 Å². The van der Waals surface area contributed by atoms with Crippen molar-refractivity contribution in [1.29, 1.82) is 0 Å². The second-order valence-electron chi connectivity index (χ2n) is 7.11. The van der Waals surface area contributed by atoms with E-state index in [0.717, 1.165) is 27.0 Å². The Balaban J connectivity index is 1.88. The average Bonchev–Trinajstić information content (AvgIpc) is 2.74. The fourth-order valence-corrected chi connectivity index (χ4v) is 3.39. The van der Waals surface area contributed by atoms with Crippen LogP contribution < -0.4 is 27.6 Å². The van der Waals surface area contributed by atoms with Crippen molar-refractivity contribution in [3.8, 4) is 22.3 Å². The molecule has 0 radical (unpaired) electrons. The summed E-state index contributed by atoms with van der Waals surface area (Å²) in [5.41, 5.74) is 41.9. The van der Waals surface area contributed by atoms with Gasteiger partial charge >= 0.3 is 0 Å². The van der Waals surface area contributed by atoms with E-state index >= 15 is 0 Å². The van der Waals surface area contributed by atoms with Crippen LogP contribution in [0.4, 0.5) is 34.1 Å². The SMILES string of the molecule is [N-]=[N+](c1cc(N)ccc1-c1ccc(N)cc1)c1cc(N)ccc1-c1ccc(N)cc1. The molecule has 0 aliphatic heterocycles. The van der Waals surface area contributed by atoms with Crippen LogP contribution >= 0.6 is 0 Å². The van der Waals surface area contributed by atoms with Crippen LogP contribution in [0.2, 0.25) is 0 Å².